The van der Waals surface area contributed by atoms with Gasteiger partial charge < -0.3 is 9.47 Å². The number of ether oxygens (including phenoxy) is 2. The van der Waals surface area contributed by atoms with E-state index in [2.05, 4.69) is 15.9 Å². The molecule has 7 heteroatoms. The fraction of sp³-hybridized carbons (Fsp3) is 0.188. The van der Waals surface area contributed by atoms with Crippen LogP contribution in [0.15, 0.2) is 46.9 Å². The van der Waals surface area contributed by atoms with Crippen LogP contribution in [0.1, 0.15) is 23.7 Å². The van der Waals surface area contributed by atoms with E-state index in [0.717, 1.165) is 10.9 Å². The summed E-state index contributed by atoms with van der Waals surface area (Å²) in [6.07, 6.45) is 0.812. The summed E-state index contributed by atoms with van der Waals surface area (Å²) >= 11 is 3.31. The fourth-order valence-corrected chi connectivity index (χ4v) is 2.16. The number of halogens is 1. The topological polar surface area (TPSA) is 78.7 Å². The molecule has 0 saturated heterocycles. The minimum absolute atomic E-state index is 0.0702. The third kappa shape index (κ3) is 4.53. The minimum Gasteiger partial charge on any atom is -0.493 e. The number of nitro benzene ring substituents is 1. The smallest absolute Gasteiger partial charge is 0.347 e. The molecule has 6 nitrogen and oxygen atoms in total. The van der Waals surface area contributed by atoms with Gasteiger partial charge in [-0.05, 0) is 36.8 Å². The standard InChI is InChI=1S/C16H14BrNO5/c1-2-9-22-15-8-3-11(17)10-14(15)16(19)23-13-6-4-12(5-7-13)18(20)21/h3-8,10H,2,9H2,1H3. The van der Waals surface area contributed by atoms with Gasteiger partial charge >= 0.3 is 5.97 Å². The minimum atomic E-state index is -0.591. The Labute approximate surface area is 141 Å². The second-order valence-corrected chi connectivity index (χ2v) is 5.55. The van der Waals surface area contributed by atoms with E-state index in [9.17, 15) is 14.9 Å². The highest BCUT2D eigenvalue weighted by molar-refractivity contribution is 9.10. The second kappa shape index (κ2) is 7.73. The van der Waals surface area contributed by atoms with Gasteiger partial charge in [-0.3, -0.25) is 10.1 Å². The van der Waals surface area contributed by atoms with Crippen molar-refractivity contribution in [1.29, 1.82) is 0 Å². The lowest BCUT2D eigenvalue weighted by atomic mass is 10.2. The first-order valence-corrected chi connectivity index (χ1v) is 7.69. The lowest BCUT2D eigenvalue weighted by Crippen LogP contribution is -2.11. The van der Waals surface area contributed by atoms with Crippen LogP contribution < -0.4 is 9.47 Å². The van der Waals surface area contributed by atoms with Crippen LogP contribution in [0.25, 0.3) is 0 Å². The van der Waals surface area contributed by atoms with Crippen molar-refractivity contribution in [3.05, 3.63) is 62.6 Å². The van der Waals surface area contributed by atoms with Crippen molar-refractivity contribution in [2.45, 2.75) is 13.3 Å². The Bertz CT molecular complexity index is 715. The second-order valence-electron chi connectivity index (χ2n) is 4.63. The predicted molar refractivity (Wildman–Crippen MR) is 88.0 cm³/mol. The van der Waals surface area contributed by atoms with Gasteiger partial charge in [0, 0.05) is 16.6 Å². The summed E-state index contributed by atoms with van der Waals surface area (Å²) < 4.78 is 11.5. The molecule has 120 valence electrons. The van der Waals surface area contributed by atoms with Crippen molar-refractivity contribution < 1.29 is 19.2 Å². The normalized spacial score (nSPS) is 10.2. The van der Waals surface area contributed by atoms with Crippen molar-refractivity contribution in [3.63, 3.8) is 0 Å². The van der Waals surface area contributed by atoms with Gasteiger partial charge in [0.05, 0.1) is 11.5 Å². The molecule has 2 aromatic carbocycles. The molecule has 0 aliphatic carbocycles. The average molecular weight is 380 g/mol. The van der Waals surface area contributed by atoms with Gasteiger partial charge in [0.1, 0.15) is 17.1 Å². The van der Waals surface area contributed by atoms with Crippen LogP contribution in [0.4, 0.5) is 5.69 Å². The number of benzene rings is 2. The molecular formula is C16H14BrNO5. The Morgan fingerprint density at radius 2 is 1.91 bits per heavy atom. The highest BCUT2D eigenvalue weighted by atomic mass is 79.9. The van der Waals surface area contributed by atoms with Crippen LogP contribution in [-0.4, -0.2) is 17.5 Å². The number of carbonyl (C=O) groups excluding carboxylic acids is 1. The third-order valence-electron chi connectivity index (χ3n) is 2.88. The molecule has 0 unspecified atom stereocenters. The van der Waals surface area contributed by atoms with Crippen LogP contribution in [0.5, 0.6) is 11.5 Å². The first-order valence-electron chi connectivity index (χ1n) is 6.90. The maximum absolute atomic E-state index is 12.3. The molecule has 0 fully saturated rings. The van der Waals surface area contributed by atoms with E-state index in [-0.39, 0.29) is 17.0 Å². The van der Waals surface area contributed by atoms with Crippen molar-refractivity contribution >= 4 is 27.6 Å². The van der Waals surface area contributed by atoms with Gasteiger partial charge in [0.2, 0.25) is 0 Å². The number of hydrogen-bond acceptors (Lipinski definition) is 5. The Balaban J connectivity index is 2.19. The zero-order chi connectivity index (χ0) is 16.8. The molecular weight excluding hydrogens is 366 g/mol. The van der Waals surface area contributed by atoms with E-state index in [0.29, 0.717) is 12.4 Å². The molecule has 0 spiro atoms. The van der Waals surface area contributed by atoms with Crippen molar-refractivity contribution in [1.82, 2.24) is 0 Å². The summed E-state index contributed by atoms with van der Waals surface area (Å²) in [5, 5.41) is 10.6. The number of nitro groups is 1. The maximum Gasteiger partial charge on any atom is 0.347 e. The fourth-order valence-electron chi connectivity index (χ4n) is 1.80. The Kier molecular flexibility index (Phi) is 5.70. The highest BCUT2D eigenvalue weighted by Crippen LogP contribution is 2.26. The van der Waals surface area contributed by atoms with Gasteiger partial charge in [0.15, 0.2) is 0 Å². The number of esters is 1. The maximum atomic E-state index is 12.3. The van der Waals surface area contributed by atoms with Crippen LogP contribution in [0.3, 0.4) is 0 Å². The monoisotopic (exact) mass is 379 g/mol. The number of nitrogens with zero attached hydrogens (tertiary/aromatic N) is 1. The zero-order valence-electron chi connectivity index (χ0n) is 12.3. The molecule has 2 rings (SSSR count). The Hall–Kier alpha value is -2.41. The van der Waals surface area contributed by atoms with E-state index >= 15 is 0 Å². The van der Waals surface area contributed by atoms with Gasteiger partial charge in [-0.2, -0.15) is 0 Å². The zero-order valence-corrected chi connectivity index (χ0v) is 13.9. The number of carbonyl (C=O) groups is 1. The van der Waals surface area contributed by atoms with Gasteiger partial charge in [-0.1, -0.05) is 22.9 Å². The summed E-state index contributed by atoms with van der Waals surface area (Å²) in [5.74, 6) is 0.0650. The van der Waals surface area contributed by atoms with Crippen molar-refractivity contribution in [2.75, 3.05) is 6.61 Å². The summed E-state index contributed by atoms with van der Waals surface area (Å²) in [4.78, 5) is 22.4. The van der Waals surface area contributed by atoms with Crippen molar-refractivity contribution in [3.8, 4) is 11.5 Å². The molecule has 0 heterocycles. The van der Waals surface area contributed by atoms with E-state index in [1.54, 1.807) is 18.2 Å². The van der Waals surface area contributed by atoms with Crippen LogP contribution in [0, 0.1) is 10.1 Å². The summed E-state index contributed by atoms with van der Waals surface area (Å²) in [6, 6.07) is 10.4. The molecule has 0 aliphatic rings. The average Bonchev–Trinajstić information content (AvgIpc) is 2.54. The molecule has 23 heavy (non-hydrogen) atoms. The largest absolute Gasteiger partial charge is 0.493 e. The summed E-state index contributed by atoms with van der Waals surface area (Å²) in [7, 11) is 0. The van der Waals surface area contributed by atoms with Crippen LogP contribution >= 0.6 is 15.9 Å². The molecule has 0 radical (unpaired) electrons. The van der Waals surface area contributed by atoms with E-state index < -0.39 is 10.9 Å². The predicted octanol–water partition coefficient (Wildman–Crippen LogP) is 4.37. The van der Waals surface area contributed by atoms with Gasteiger partial charge in [0.25, 0.3) is 5.69 Å². The summed E-state index contributed by atoms with van der Waals surface area (Å²) in [6.45, 7) is 2.45. The molecule has 2 aromatic rings. The number of non-ortho nitro benzene ring substituents is 1. The van der Waals surface area contributed by atoms with E-state index in [1.807, 2.05) is 6.92 Å². The lowest BCUT2D eigenvalue weighted by molar-refractivity contribution is -0.384. The molecule has 0 amide bonds. The first kappa shape index (κ1) is 17.0. The SMILES string of the molecule is CCCOc1ccc(Br)cc1C(=O)Oc1ccc([N+](=O)[O-])cc1. The molecule has 0 atom stereocenters. The Morgan fingerprint density at radius 1 is 1.22 bits per heavy atom. The molecule has 0 aliphatic heterocycles. The molecule has 0 N–H and O–H groups in total. The van der Waals surface area contributed by atoms with Crippen LogP contribution in [-0.2, 0) is 0 Å². The molecule has 0 bridgehead atoms. The number of hydrogen-bond donors (Lipinski definition) is 0. The lowest BCUT2D eigenvalue weighted by Gasteiger charge is -2.11. The van der Waals surface area contributed by atoms with E-state index in [4.69, 9.17) is 9.47 Å². The quantitative estimate of drug-likeness (QED) is 0.322. The summed E-state index contributed by atoms with van der Waals surface area (Å²) in [5.41, 5.74) is 0.213. The Morgan fingerprint density at radius 3 is 2.52 bits per heavy atom. The van der Waals surface area contributed by atoms with E-state index in [1.165, 1.54) is 24.3 Å². The highest BCUT2D eigenvalue weighted by Gasteiger charge is 2.16. The van der Waals surface area contributed by atoms with Crippen LogP contribution in [0.2, 0.25) is 0 Å². The van der Waals surface area contributed by atoms with Gasteiger partial charge in [-0.25, -0.2) is 4.79 Å². The first-order chi connectivity index (χ1) is 11.0. The molecule has 0 saturated carbocycles. The third-order valence-corrected chi connectivity index (χ3v) is 3.37. The van der Waals surface area contributed by atoms with Crippen molar-refractivity contribution in [2.24, 2.45) is 0 Å². The number of rotatable bonds is 6. The molecule has 0 aromatic heterocycles. The van der Waals surface area contributed by atoms with Gasteiger partial charge in [-0.15, -0.1) is 0 Å².